The minimum atomic E-state index is -0.358. The molecule has 3 aliphatic rings. The third-order valence-corrected chi connectivity index (χ3v) is 7.58. The van der Waals surface area contributed by atoms with Crippen molar-refractivity contribution in [3.8, 4) is 5.75 Å². The number of anilines is 1. The number of hydrogen-bond acceptors (Lipinski definition) is 7. The maximum absolute atomic E-state index is 12.6. The van der Waals surface area contributed by atoms with Crippen LogP contribution in [0.3, 0.4) is 0 Å². The van der Waals surface area contributed by atoms with Crippen molar-refractivity contribution in [2.45, 2.75) is 55.5 Å². The molecule has 4 atom stereocenters. The van der Waals surface area contributed by atoms with Crippen molar-refractivity contribution in [1.29, 1.82) is 0 Å². The summed E-state index contributed by atoms with van der Waals surface area (Å²) >= 11 is 1.30. The standard InChI is InChI=1S/C22H27N7O4S/c1-12(29-16-5-3-4-6-17(16)33-10-19(29)31)20-26-27-22(28(20)2)34-11-18(30)23-13-7-8-14-15(9-13)25-21(32)24-14/h3-6,12-15H,7-11H2,1-2H3,(H,23,30)(H2,24,25,32). The Morgan fingerprint density at radius 2 is 2.03 bits per heavy atom. The zero-order chi connectivity index (χ0) is 23.8. The van der Waals surface area contributed by atoms with Crippen molar-refractivity contribution in [2.75, 3.05) is 17.3 Å². The number of thioether (sulfide) groups is 1. The second kappa shape index (κ2) is 9.16. The number of ether oxygens (including phenoxy) is 1. The Labute approximate surface area is 201 Å². The van der Waals surface area contributed by atoms with Crippen molar-refractivity contribution in [3.63, 3.8) is 0 Å². The normalized spacial score (nSPS) is 24.4. The summed E-state index contributed by atoms with van der Waals surface area (Å²) < 4.78 is 7.35. The second-order valence-electron chi connectivity index (χ2n) is 8.79. The van der Waals surface area contributed by atoms with Crippen LogP contribution in [0.5, 0.6) is 5.75 Å². The molecule has 4 amide bonds. The Balaban J connectivity index is 1.20. The smallest absolute Gasteiger partial charge is 0.315 e. The molecule has 0 radical (unpaired) electrons. The molecule has 4 unspecified atom stereocenters. The second-order valence-corrected chi connectivity index (χ2v) is 9.74. The quantitative estimate of drug-likeness (QED) is 0.523. The highest BCUT2D eigenvalue weighted by Gasteiger charge is 2.37. The van der Waals surface area contributed by atoms with E-state index in [0.29, 0.717) is 22.4 Å². The SMILES string of the molecule is CC(c1nnc(SCC(=O)NC2CCC3NC(=O)NC3C2)n1C)N1C(=O)COc2ccccc21. The molecule has 1 aromatic carbocycles. The van der Waals surface area contributed by atoms with Gasteiger partial charge in [-0.05, 0) is 38.3 Å². The number of aromatic nitrogens is 3. The predicted octanol–water partition coefficient (Wildman–Crippen LogP) is 1.11. The number of urea groups is 1. The van der Waals surface area contributed by atoms with Crippen LogP contribution in [-0.4, -0.2) is 63.1 Å². The van der Waals surface area contributed by atoms with E-state index in [1.165, 1.54) is 11.8 Å². The fourth-order valence-corrected chi connectivity index (χ4v) is 5.62. The maximum atomic E-state index is 12.6. The van der Waals surface area contributed by atoms with E-state index < -0.39 is 0 Å². The van der Waals surface area contributed by atoms with Gasteiger partial charge in [-0.2, -0.15) is 0 Å². The Morgan fingerprint density at radius 3 is 2.88 bits per heavy atom. The van der Waals surface area contributed by atoms with Crippen molar-refractivity contribution in [1.82, 2.24) is 30.7 Å². The molecule has 1 saturated heterocycles. The Bertz CT molecular complexity index is 1120. The number of nitrogens with zero attached hydrogens (tertiary/aromatic N) is 4. The average Bonchev–Trinajstić information content (AvgIpc) is 3.38. The highest BCUT2D eigenvalue weighted by atomic mass is 32.2. The summed E-state index contributed by atoms with van der Waals surface area (Å²) in [6.07, 6.45) is 2.40. The number of amides is 4. The molecule has 1 aliphatic carbocycles. The van der Waals surface area contributed by atoms with E-state index in [0.717, 1.165) is 19.3 Å². The number of benzene rings is 1. The largest absolute Gasteiger partial charge is 0.482 e. The van der Waals surface area contributed by atoms with Gasteiger partial charge in [-0.3, -0.25) is 14.5 Å². The lowest BCUT2D eigenvalue weighted by Gasteiger charge is -2.33. The summed E-state index contributed by atoms with van der Waals surface area (Å²) in [7, 11) is 1.83. The van der Waals surface area contributed by atoms with Crippen LogP contribution in [0, 0.1) is 0 Å². The van der Waals surface area contributed by atoms with Crippen molar-refractivity contribution >= 4 is 35.3 Å². The van der Waals surface area contributed by atoms with E-state index in [-0.39, 0.29) is 54.4 Å². The first-order valence-electron chi connectivity index (χ1n) is 11.3. The molecule has 2 aromatic rings. The van der Waals surface area contributed by atoms with Crippen LogP contribution in [0.25, 0.3) is 0 Å². The molecule has 3 heterocycles. The van der Waals surface area contributed by atoms with Gasteiger partial charge in [0.2, 0.25) is 5.91 Å². The number of fused-ring (bicyclic) bond motifs is 2. The monoisotopic (exact) mass is 485 g/mol. The molecule has 0 spiro atoms. The number of hydrogen-bond donors (Lipinski definition) is 3. The lowest BCUT2D eigenvalue weighted by Crippen LogP contribution is -2.48. The van der Waals surface area contributed by atoms with Gasteiger partial charge in [-0.1, -0.05) is 23.9 Å². The summed E-state index contributed by atoms with van der Waals surface area (Å²) in [5.74, 6) is 1.25. The summed E-state index contributed by atoms with van der Waals surface area (Å²) in [6.45, 7) is 1.88. The molecule has 12 heteroatoms. The molecular formula is C22H27N7O4S. The molecule has 11 nitrogen and oxygen atoms in total. The van der Waals surface area contributed by atoms with Crippen molar-refractivity contribution < 1.29 is 19.1 Å². The van der Waals surface area contributed by atoms with E-state index in [1.807, 2.05) is 42.8 Å². The van der Waals surface area contributed by atoms with Gasteiger partial charge in [0.25, 0.3) is 5.91 Å². The molecular weight excluding hydrogens is 458 g/mol. The Hall–Kier alpha value is -3.28. The van der Waals surface area contributed by atoms with Crippen LogP contribution in [-0.2, 0) is 16.6 Å². The van der Waals surface area contributed by atoms with Gasteiger partial charge in [-0.25, -0.2) is 4.79 Å². The molecule has 2 fully saturated rings. The van der Waals surface area contributed by atoms with Crippen LogP contribution in [0.2, 0.25) is 0 Å². The van der Waals surface area contributed by atoms with Gasteiger partial charge in [0.15, 0.2) is 17.6 Å². The minimum absolute atomic E-state index is 0.0243. The zero-order valence-electron chi connectivity index (χ0n) is 19.0. The van der Waals surface area contributed by atoms with Crippen LogP contribution in [0.15, 0.2) is 29.4 Å². The van der Waals surface area contributed by atoms with E-state index >= 15 is 0 Å². The van der Waals surface area contributed by atoms with Gasteiger partial charge >= 0.3 is 6.03 Å². The van der Waals surface area contributed by atoms with E-state index in [1.54, 1.807) is 4.90 Å². The first-order valence-corrected chi connectivity index (χ1v) is 12.3. The molecule has 0 bridgehead atoms. The molecule has 2 aliphatic heterocycles. The lowest BCUT2D eigenvalue weighted by atomic mass is 9.88. The van der Waals surface area contributed by atoms with Gasteiger partial charge in [0.05, 0.1) is 29.6 Å². The third kappa shape index (κ3) is 4.29. The molecule has 5 rings (SSSR count). The van der Waals surface area contributed by atoms with Crippen molar-refractivity contribution in [2.24, 2.45) is 7.05 Å². The molecule has 34 heavy (non-hydrogen) atoms. The first-order chi connectivity index (χ1) is 16.4. The summed E-state index contributed by atoms with van der Waals surface area (Å²) in [5, 5.41) is 18.1. The number of nitrogens with one attached hydrogen (secondary N) is 3. The van der Waals surface area contributed by atoms with Crippen LogP contribution < -0.4 is 25.6 Å². The Kier molecular flexibility index (Phi) is 6.07. The van der Waals surface area contributed by atoms with E-state index in [2.05, 4.69) is 26.1 Å². The Morgan fingerprint density at radius 1 is 1.24 bits per heavy atom. The number of rotatable bonds is 6. The number of para-hydroxylation sites is 2. The summed E-state index contributed by atoms with van der Waals surface area (Å²) in [5.41, 5.74) is 0.700. The summed E-state index contributed by atoms with van der Waals surface area (Å²) in [6, 6.07) is 7.18. The summed E-state index contributed by atoms with van der Waals surface area (Å²) in [4.78, 5) is 38.4. The van der Waals surface area contributed by atoms with E-state index in [9.17, 15) is 14.4 Å². The fraction of sp³-hybridized carbons (Fsp3) is 0.500. The number of carbonyl (C=O) groups excluding carboxylic acids is 3. The molecule has 3 N–H and O–H groups in total. The van der Waals surface area contributed by atoms with Crippen LogP contribution in [0.4, 0.5) is 10.5 Å². The minimum Gasteiger partial charge on any atom is -0.482 e. The lowest BCUT2D eigenvalue weighted by molar-refractivity contribution is -0.122. The van der Waals surface area contributed by atoms with Crippen LogP contribution >= 0.6 is 11.8 Å². The van der Waals surface area contributed by atoms with Crippen molar-refractivity contribution in [3.05, 3.63) is 30.1 Å². The topological polar surface area (TPSA) is 130 Å². The molecule has 180 valence electrons. The first kappa shape index (κ1) is 22.5. The average molecular weight is 486 g/mol. The zero-order valence-corrected chi connectivity index (χ0v) is 19.8. The third-order valence-electron chi connectivity index (χ3n) is 6.55. The highest BCUT2D eigenvalue weighted by molar-refractivity contribution is 7.99. The number of carbonyl (C=O) groups is 3. The molecule has 1 aromatic heterocycles. The van der Waals surface area contributed by atoms with Crippen LogP contribution in [0.1, 0.15) is 38.1 Å². The molecule has 1 saturated carbocycles. The maximum Gasteiger partial charge on any atom is 0.315 e. The van der Waals surface area contributed by atoms with Gasteiger partial charge in [-0.15, -0.1) is 10.2 Å². The highest BCUT2D eigenvalue weighted by Crippen LogP contribution is 2.37. The van der Waals surface area contributed by atoms with Gasteiger partial charge in [0, 0.05) is 13.1 Å². The van der Waals surface area contributed by atoms with Gasteiger partial charge < -0.3 is 25.3 Å². The van der Waals surface area contributed by atoms with Gasteiger partial charge in [0.1, 0.15) is 5.75 Å². The van der Waals surface area contributed by atoms with E-state index in [4.69, 9.17) is 4.74 Å². The predicted molar refractivity (Wildman–Crippen MR) is 125 cm³/mol. The fourth-order valence-electron chi connectivity index (χ4n) is 4.89.